The fraction of sp³-hybridized carbons (Fsp3) is 0.500. The lowest BCUT2D eigenvalue weighted by molar-refractivity contribution is -0.123. The molecular weight excluding hydrogens is 382 g/mol. The molecule has 1 aliphatic heterocycles. The molecule has 22 heavy (non-hydrogen) atoms. The molecule has 2 rings (SSSR count). The maximum atomic E-state index is 13.0. The third-order valence-electron chi connectivity index (χ3n) is 3.15. The monoisotopic (exact) mass is 398 g/mol. The van der Waals surface area contributed by atoms with Gasteiger partial charge in [-0.25, -0.2) is 8.78 Å². The SMILES string of the molecule is CC(CNC(=O)C1CC(F)(F)CN1)Oc1ccccc1Br.Cl. The van der Waals surface area contributed by atoms with E-state index in [0.29, 0.717) is 5.75 Å². The predicted molar refractivity (Wildman–Crippen MR) is 85.8 cm³/mol. The summed E-state index contributed by atoms with van der Waals surface area (Å²) < 4.78 is 32.5. The number of nitrogens with one attached hydrogen (secondary N) is 2. The topological polar surface area (TPSA) is 50.4 Å². The van der Waals surface area contributed by atoms with Gasteiger partial charge in [-0.15, -0.1) is 12.4 Å². The van der Waals surface area contributed by atoms with Crippen molar-refractivity contribution >= 4 is 34.2 Å². The molecule has 4 nitrogen and oxygen atoms in total. The second kappa shape index (κ2) is 8.08. The van der Waals surface area contributed by atoms with Crippen molar-refractivity contribution < 1.29 is 18.3 Å². The van der Waals surface area contributed by atoms with E-state index >= 15 is 0 Å². The van der Waals surface area contributed by atoms with Gasteiger partial charge in [0.15, 0.2) is 0 Å². The van der Waals surface area contributed by atoms with Crippen LogP contribution in [0.3, 0.4) is 0 Å². The Morgan fingerprint density at radius 2 is 2.23 bits per heavy atom. The van der Waals surface area contributed by atoms with Crippen LogP contribution in [0.4, 0.5) is 8.78 Å². The zero-order valence-corrected chi connectivity index (χ0v) is 14.3. The highest BCUT2D eigenvalue weighted by atomic mass is 79.9. The number of carbonyl (C=O) groups excluding carboxylic acids is 1. The molecule has 0 saturated carbocycles. The molecule has 1 aromatic carbocycles. The van der Waals surface area contributed by atoms with E-state index in [2.05, 4.69) is 26.6 Å². The Hall–Kier alpha value is -0.920. The molecule has 2 N–H and O–H groups in total. The normalized spacial score (nSPS) is 20.8. The number of hydrogen-bond donors (Lipinski definition) is 2. The molecule has 0 aliphatic carbocycles. The van der Waals surface area contributed by atoms with Crippen LogP contribution in [-0.4, -0.2) is 37.1 Å². The Balaban J connectivity index is 0.00000242. The van der Waals surface area contributed by atoms with E-state index < -0.39 is 30.8 Å². The maximum Gasteiger partial charge on any atom is 0.262 e. The van der Waals surface area contributed by atoms with E-state index in [1.54, 1.807) is 6.92 Å². The first-order valence-corrected chi connectivity index (χ1v) is 7.47. The number of hydrogen-bond acceptors (Lipinski definition) is 3. The lowest BCUT2D eigenvalue weighted by Crippen LogP contribution is -2.43. The number of amides is 1. The Kier molecular flexibility index (Phi) is 7.02. The van der Waals surface area contributed by atoms with E-state index in [-0.39, 0.29) is 25.1 Å². The molecule has 2 atom stereocenters. The largest absolute Gasteiger partial charge is 0.488 e. The van der Waals surface area contributed by atoms with Crippen molar-refractivity contribution in [3.63, 3.8) is 0 Å². The van der Waals surface area contributed by atoms with Crippen LogP contribution in [0.1, 0.15) is 13.3 Å². The minimum atomic E-state index is -2.81. The average Bonchev–Trinajstić information content (AvgIpc) is 2.79. The van der Waals surface area contributed by atoms with E-state index in [9.17, 15) is 13.6 Å². The van der Waals surface area contributed by atoms with Crippen LogP contribution < -0.4 is 15.4 Å². The van der Waals surface area contributed by atoms with Gasteiger partial charge in [-0.3, -0.25) is 10.1 Å². The summed E-state index contributed by atoms with van der Waals surface area (Å²) >= 11 is 3.37. The van der Waals surface area contributed by atoms with Gasteiger partial charge >= 0.3 is 0 Å². The van der Waals surface area contributed by atoms with Crippen LogP contribution in [0.25, 0.3) is 0 Å². The Morgan fingerprint density at radius 3 is 2.82 bits per heavy atom. The number of halogens is 4. The van der Waals surface area contributed by atoms with Crippen molar-refractivity contribution in [2.75, 3.05) is 13.1 Å². The summed E-state index contributed by atoms with van der Waals surface area (Å²) in [5.41, 5.74) is 0. The standard InChI is InChI=1S/C14H17BrF2N2O2.ClH/c1-9(21-12-5-3-2-4-10(12)15)7-18-13(20)11-6-14(16,17)8-19-11;/h2-5,9,11,19H,6-8H2,1H3,(H,18,20);1H. The quantitative estimate of drug-likeness (QED) is 0.800. The lowest BCUT2D eigenvalue weighted by Gasteiger charge is -2.18. The van der Waals surface area contributed by atoms with Gasteiger partial charge in [-0.05, 0) is 35.0 Å². The minimum absolute atomic E-state index is 0. The third kappa shape index (κ3) is 5.37. The first kappa shape index (κ1) is 19.1. The average molecular weight is 400 g/mol. The molecule has 8 heteroatoms. The highest BCUT2D eigenvalue weighted by Crippen LogP contribution is 2.26. The van der Waals surface area contributed by atoms with Crippen LogP contribution in [0.5, 0.6) is 5.75 Å². The summed E-state index contributed by atoms with van der Waals surface area (Å²) in [4.78, 5) is 11.8. The van der Waals surface area contributed by atoms with Gasteiger partial charge in [-0.1, -0.05) is 12.1 Å². The molecule has 0 radical (unpaired) electrons. The first-order valence-electron chi connectivity index (χ1n) is 6.67. The molecule has 0 aromatic heterocycles. The summed E-state index contributed by atoms with van der Waals surface area (Å²) in [6, 6.07) is 6.54. The molecule has 0 bridgehead atoms. The van der Waals surface area contributed by atoms with Crippen LogP contribution in [0.2, 0.25) is 0 Å². The van der Waals surface area contributed by atoms with Gasteiger partial charge in [0, 0.05) is 6.42 Å². The molecule has 0 spiro atoms. The number of rotatable bonds is 5. The zero-order chi connectivity index (χ0) is 15.5. The summed E-state index contributed by atoms with van der Waals surface area (Å²) in [7, 11) is 0. The molecule has 1 heterocycles. The molecule has 1 amide bonds. The predicted octanol–water partition coefficient (Wildman–Crippen LogP) is 2.75. The number of para-hydroxylation sites is 1. The Labute approximate surface area is 142 Å². The van der Waals surface area contributed by atoms with Crippen LogP contribution in [0, 0.1) is 0 Å². The van der Waals surface area contributed by atoms with Crippen LogP contribution in [0.15, 0.2) is 28.7 Å². The van der Waals surface area contributed by atoms with Crippen molar-refractivity contribution in [1.82, 2.24) is 10.6 Å². The van der Waals surface area contributed by atoms with Gasteiger partial charge in [-0.2, -0.15) is 0 Å². The molecule has 1 aromatic rings. The highest BCUT2D eigenvalue weighted by molar-refractivity contribution is 9.10. The Morgan fingerprint density at radius 1 is 1.55 bits per heavy atom. The van der Waals surface area contributed by atoms with Gasteiger partial charge < -0.3 is 10.1 Å². The second-order valence-corrected chi connectivity index (χ2v) is 5.95. The number of alkyl halides is 2. The summed E-state index contributed by atoms with van der Waals surface area (Å²) in [6.45, 7) is 1.61. The van der Waals surface area contributed by atoms with Crippen molar-refractivity contribution in [3.05, 3.63) is 28.7 Å². The van der Waals surface area contributed by atoms with Gasteiger partial charge in [0.25, 0.3) is 5.92 Å². The van der Waals surface area contributed by atoms with Gasteiger partial charge in [0.05, 0.1) is 23.6 Å². The number of benzene rings is 1. The van der Waals surface area contributed by atoms with Crippen molar-refractivity contribution in [1.29, 1.82) is 0 Å². The van der Waals surface area contributed by atoms with Crippen molar-refractivity contribution in [2.45, 2.75) is 31.4 Å². The van der Waals surface area contributed by atoms with E-state index in [1.165, 1.54) is 0 Å². The van der Waals surface area contributed by atoms with Gasteiger partial charge in [0.1, 0.15) is 11.9 Å². The summed E-state index contributed by atoms with van der Waals surface area (Å²) in [6.07, 6.45) is -0.729. The molecule has 1 saturated heterocycles. The fourth-order valence-electron chi connectivity index (χ4n) is 2.07. The third-order valence-corrected chi connectivity index (χ3v) is 3.81. The highest BCUT2D eigenvalue weighted by Gasteiger charge is 2.42. The number of carbonyl (C=O) groups is 1. The van der Waals surface area contributed by atoms with E-state index in [1.807, 2.05) is 24.3 Å². The van der Waals surface area contributed by atoms with Crippen molar-refractivity contribution in [2.24, 2.45) is 0 Å². The second-order valence-electron chi connectivity index (χ2n) is 5.10. The van der Waals surface area contributed by atoms with Crippen LogP contribution in [-0.2, 0) is 4.79 Å². The Bertz CT molecular complexity index is 519. The van der Waals surface area contributed by atoms with Crippen molar-refractivity contribution in [3.8, 4) is 5.75 Å². The number of ether oxygens (including phenoxy) is 1. The molecule has 1 fully saturated rings. The van der Waals surface area contributed by atoms with Crippen LogP contribution >= 0.6 is 28.3 Å². The van der Waals surface area contributed by atoms with Gasteiger partial charge in [0.2, 0.25) is 5.91 Å². The molecule has 1 aliphatic rings. The molecule has 2 unspecified atom stereocenters. The minimum Gasteiger partial charge on any atom is -0.488 e. The smallest absolute Gasteiger partial charge is 0.262 e. The van der Waals surface area contributed by atoms with E-state index in [0.717, 1.165) is 4.47 Å². The molecule has 124 valence electrons. The first-order chi connectivity index (χ1) is 9.87. The lowest BCUT2D eigenvalue weighted by atomic mass is 10.2. The maximum absolute atomic E-state index is 13.0. The summed E-state index contributed by atoms with van der Waals surface area (Å²) in [5, 5.41) is 5.15. The summed E-state index contributed by atoms with van der Waals surface area (Å²) in [5.74, 6) is -2.56. The zero-order valence-electron chi connectivity index (χ0n) is 11.9. The van der Waals surface area contributed by atoms with E-state index in [4.69, 9.17) is 4.74 Å². The molecular formula is C14H18BrClF2N2O2. The fourth-order valence-corrected chi connectivity index (χ4v) is 2.45.